The molecule has 21 heavy (non-hydrogen) atoms. The predicted octanol–water partition coefficient (Wildman–Crippen LogP) is 3.54. The van der Waals surface area contributed by atoms with Crippen LogP contribution in [0.15, 0.2) is 36.4 Å². The fraction of sp³-hybridized carbons (Fsp3) is 0.188. The molecule has 0 aliphatic heterocycles. The predicted molar refractivity (Wildman–Crippen MR) is 83.5 cm³/mol. The quantitative estimate of drug-likeness (QED) is 0.769. The highest BCUT2D eigenvalue weighted by Gasteiger charge is 2.10. The zero-order chi connectivity index (χ0) is 14.8. The molecular formula is C16H17N5. The largest absolute Gasteiger partial charge is 0.323 e. The van der Waals surface area contributed by atoms with Crippen molar-refractivity contribution in [2.45, 2.75) is 20.8 Å². The van der Waals surface area contributed by atoms with Crippen molar-refractivity contribution in [3.05, 3.63) is 53.3 Å². The fourth-order valence-corrected chi connectivity index (χ4v) is 2.07. The van der Waals surface area contributed by atoms with Gasteiger partial charge in [0.2, 0.25) is 0 Å². The number of rotatable bonds is 3. The van der Waals surface area contributed by atoms with Crippen molar-refractivity contribution in [1.29, 1.82) is 0 Å². The van der Waals surface area contributed by atoms with Crippen molar-refractivity contribution < 1.29 is 0 Å². The van der Waals surface area contributed by atoms with Crippen LogP contribution in [0.3, 0.4) is 0 Å². The minimum Gasteiger partial charge on any atom is -0.323 e. The van der Waals surface area contributed by atoms with Gasteiger partial charge in [0.05, 0.1) is 0 Å². The summed E-state index contributed by atoms with van der Waals surface area (Å²) in [6, 6.07) is 11.9. The summed E-state index contributed by atoms with van der Waals surface area (Å²) in [4.78, 5) is 9.20. The van der Waals surface area contributed by atoms with Crippen LogP contribution in [0.2, 0.25) is 0 Å². The SMILES string of the molecule is Cc1cc(Nc2nc(-c3ccccc3)nc(C)c2C)n[nH]1. The first kappa shape index (κ1) is 13.3. The number of anilines is 2. The van der Waals surface area contributed by atoms with E-state index in [1.165, 1.54) is 0 Å². The summed E-state index contributed by atoms with van der Waals surface area (Å²) in [5.41, 5.74) is 3.99. The summed E-state index contributed by atoms with van der Waals surface area (Å²) in [5.74, 6) is 2.26. The smallest absolute Gasteiger partial charge is 0.161 e. The van der Waals surface area contributed by atoms with Crippen molar-refractivity contribution >= 4 is 11.6 Å². The van der Waals surface area contributed by atoms with Crippen LogP contribution in [0.5, 0.6) is 0 Å². The molecule has 0 amide bonds. The third kappa shape index (κ3) is 2.76. The van der Waals surface area contributed by atoms with E-state index in [-0.39, 0.29) is 0 Å². The summed E-state index contributed by atoms with van der Waals surface area (Å²) >= 11 is 0. The van der Waals surface area contributed by atoms with Crippen LogP contribution in [0.25, 0.3) is 11.4 Å². The molecule has 2 heterocycles. The molecule has 106 valence electrons. The summed E-state index contributed by atoms with van der Waals surface area (Å²) in [6.07, 6.45) is 0. The third-order valence-corrected chi connectivity index (χ3v) is 3.37. The van der Waals surface area contributed by atoms with E-state index in [0.29, 0.717) is 5.82 Å². The Morgan fingerprint density at radius 2 is 1.76 bits per heavy atom. The normalized spacial score (nSPS) is 10.6. The van der Waals surface area contributed by atoms with Gasteiger partial charge in [0, 0.05) is 28.6 Å². The van der Waals surface area contributed by atoms with Gasteiger partial charge in [-0.25, -0.2) is 9.97 Å². The van der Waals surface area contributed by atoms with Crippen LogP contribution in [-0.4, -0.2) is 20.2 Å². The average Bonchev–Trinajstić information content (AvgIpc) is 2.90. The second-order valence-corrected chi connectivity index (χ2v) is 5.03. The number of hydrogen-bond acceptors (Lipinski definition) is 4. The molecular weight excluding hydrogens is 262 g/mol. The van der Waals surface area contributed by atoms with E-state index in [4.69, 9.17) is 0 Å². The summed E-state index contributed by atoms with van der Waals surface area (Å²) in [7, 11) is 0. The Hall–Kier alpha value is -2.69. The molecule has 5 nitrogen and oxygen atoms in total. The van der Waals surface area contributed by atoms with Gasteiger partial charge in [0.25, 0.3) is 0 Å². The highest BCUT2D eigenvalue weighted by molar-refractivity contribution is 5.63. The second-order valence-electron chi connectivity index (χ2n) is 5.03. The van der Waals surface area contributed by atoms with Gasteiger partial charge in [0.1, 0.15) is 5.82 Å². The van der Waals surface area contributed by atoms with Gasteiger partial charge in [-0.3, -0.25) is 5.10 Å². The van der Waals surface area contributed by atoms with Gasteiger partial charge >= 0.3 is 0 Å². The third-order valence-electron chi connectivity index (χ3n) is 3.37. The van der Waals surface area contributed by atoms with E-state index in [2.05, 4.69) is 25.5 Å². The van der Waals surface area contributed by atoms with Gasteiger partial charge in [-0.15, -0.1) is 0 Å². The maximum absolute atomic E-state index is 4.63. The molecule has 0 saturated heterocycles. The van der Waals surface area contributed by atoms with Crippen LogP contribution >= 0.6 is 0 Å². The standard InChI is InChI=1S/C16H17N5/c1-10-9-14(21-20-10)18-15-11(2)12(3)17-16(19-15)13-7-5-4-6-8-13/h4-9H,1-3H3,(H2,17,18,19,20,21). The first-order valence-electron chi connectivity index (χ1n) is 6.83. The molecule has 0 aliphatic rings. The molecule has 0 spiro atoms. The minimum atomic E-state index is 0.716. The molecule has 5 heteroatoms. The molecule has 2 N–H and O–H groups in total. The Labute approximate surface area is 123 Å². The van der Waals surface area contributed by atoms with Crippen LogP contribution < -0.4 is 5.32 Å². The van der Waals surface area contributed by atoms with Crippen LogP contribution in [0.1, 0.15) is 17.0 Å². The van der Waals surface area contributed by atoms with Crippen molar-refractivity contribution in [1.82, 2.24) is 20.2 Å². The molecule has 0 saturated carbocycles. The van der Waals surface area contributed by atoms with E-state index in [1.54, 1.807) is 0 Å². The zero-order valence-electron chi connectivity index (χ0n) is 12.3. The minimum absolute atomic E-state index is 0.716. The molecule has 1 aromatic carbocycles. The van der Waals surface area contributed by atoms with Crippen molar-refractivity contribution in [3.63, 3.8) is 0 Å². The topological polar surface area (TPSA) is 66.5 Å². The van der Waals surface area contributed by atoms with Gasteiger partial charge < -0.3 is 5.32 Å². The molecule has 0 bridgehead atoms. The van der Waals surface area contributed by atoms with Crippen molar-refractivity contribution in [3.8, 4) is 11.4 Å². The van der Waals surface area contributed by atoms with Gasteiger partial charge in [0.15, 0.2) is 11.6 Å². The number of H-pyrrole nitrogens is 1. The fourth-order valence-electron chi connectivity index (χ4n) is 2.07. The Balaban J connectivity index is 2.02. The molecule has 2 aromatic heterocycles. The first-order chi connectivity index (χ1) is 10.1. The second kappa shape index (κ2) is 5.36. The van der Waals surface area contributed by atoms with E-state index >= 15 is 0 Å². The van der Waals surface area contributed by atoms with E-state index in [9.17, 15) is 0 Å². The number of nitrogens with one attached hydrogen (secondary N) is 2. The molecule has 3 rings (SSSR count). The van der Waals surface area contributed by atoms with Crippen LogP contribution in [0.4, 0.5) is 11.6 Å². The van der Waals surface area contributed by atoms with Gasteiger partial charge in [-0.1, -0.05) is 30.3 Å². The Kier molecular flexibility index (Phi) is 3.39. The number of nitrogens with zero attached hydrogens (tertiary/aromatic N) is 3. The first-order valence-corrected chi connectivity index (χ1v) is 6.83. The Bertz CT molecular complexity index is 762. The highest BCUT2D eigenvalue weighted by Crippen LogP contribution is 2.23. The molecule has 0 fully saturated rings. The van der Waals surface area contributed by atoms with E-state index in [0.717, 1.165) is 34.2 Å². The van der Waals surface area contributed by atoms with Gasteiger partial charge in [-0.2, -0.15) is 5.10 Å². The number of benzene rings is 1. The lowest BCUT2D eigenvalue weighted by molar-refractivity contribution is 1.04. The summed E-state index contributed by atoms with van der Waals surface area (Å²) in [6.45, 7) is 5.96. The van der Waals surface area contributed by atoms with Crippen LogP contribution in [0, 0.1) is 20.8 Å². The number of aromatic amines is 1. The molecule has 0 atom stereocenters. The lowest BCUT2D eigenvalue weighted by atomic mass is 10.2. The average molecular weight is 279 g/mol. The van der Waals surface area contributed by atoms with E-state index in [1.807, 2.05) is 57.2 Å². The number of aryl methyl sites for hydroxylation is 2. The maximum Gasteiger partial charge on any atom is 0.161 e. The number of hydrogen-bond donors (Lipinski definition) is 2. The molecule has 0 aliphatic carbocycles. The van der Waals surface area contributed by atoms with Crippen molar-refractivity contribution in [2.75, 3.05) is 5.32 Å². The highest BCUT2D eigenvalue weighted by atomic mass is 15.2. The van der Waals surface area contributed by atoms with Crippen molar-refractivity contribution in [2.24, 2.45) is 0 Å². The monoisotopic (exact) mass is 279 g/mol. The van der Waals surface area contributed by atoms with Crippen LogP contribution in [-0.2, 0) is 0 Å². The Morgan fingerprint density at radius 3 is 2.43 bits per heavy atom. The molecule has 0 unspecified atom stereocenters. The molecule has 3 aromatic rings. The lowest BCUT2D eigenvalue weighted by Gasteiger charge is -2.10. The Morgan fingerprint density at radius 1 is 1.00 bits per heavy atom. The summed E-state index contributed by atoms with van der Waals surface area (Å²) in [5, 5.41) is 10.4. The van der Waals surface area contributed by atoms with Gasteiger partial charge in [-0.05, 0) is 20.8 Å². The molecule has 0 radical (unpaired) electrons. The lowest BCUT2D eigenvalue weighted by Crippen LogP contribution is -2.03. The summed E-state index contributed by atoms with van der Waals surface area (Å²) < 4.78 is 0. The zero-order valence-corrected chi connectivity index (χ0v) is 12.3. The number of aromatic nitrogens is 4. The van der Waals surface area contributed by atoms with E-state index < -0.39 is 0 Å². The maximum atomic E-state index is 4.63.